The van der Waals surface area contributed by atoms with E-state index in [1.807, 2.05) is 0 Å². The van der Waals surface area contributed by atoms with Gasteiger partial charge in [-0.05, 0) is 11.5 Å². The predicted molar refractivity (Wildman–Crippen MR) is 39.7 cm³/mol. The van der Waals surface area contributed by atoms with E-state index in [2.05, 4.69) is 9.36 Å². The Morgan fingerprint density at radius 1 is 1.78 bits per heavy atom. The van der Waals surface area contributed by atoms with Crippen LogP contribution in [0, 0.1) is 0 Å². The minimum Gasteiger partial charge on any atom is -0.330 e. The smallest absolute Gasteiger partial charge is 0.169 e. The normalized spacial score (nSPS) is 9.89. The number of aromatic nitrogens is 2. The molecule has 1 rings (SSSR count). The predicted octanol–water partition coefficient (Wildman–Crippen LogP) is 0.589. The fourth-order valence-electron chi connectivity index (χ4n) is 0.373. The summed E-state index contributed by atoms with van der Waals surface area (Å²) in [6.45, 7) is 0.699. The summed E-state index contributed by atoms with van der Waals surface area (Å²) in [5.74, 6) is 0.926. The maximum absolute atomic E-state index is 5.28. The summed E-state index contributed by atoms with van der Waals surface area (Å²) in [6, 6.07) is 0. The van der Waals surface area contributed by atoms with Crippen molar-refractivity contribution in [2.75, 3.05) is 12.3 Å². The average molecular weight is 161 g/mol. The molecule has 9 heavy (non-hydrogen) atoms. The van der Waals surface area contributed by atoms with Gasteiger partial charge in [0.25, 0.3) is 0 Å². The van der Waals surface area contributed by atoms with Gasteiger partial charge in [0.1, 0.15) is 6.33 Å². The highest BCUT2D eigenvalue weighted by Gasteiger charge is 1.93. The Hall–Kier alpha value is -0.130. The van der Waals surface area contributed by atoms with Crippen molar-refractivity contribution in [3.05, 3.63) is 6.33 Å². The van der Waals surface area contributed by atoms with Crippen LogP contribution >= 0.6 is 23.3 Å². The molecule has 1 heterocycles. The zero-order valence-electron chi connectivity index (χ0n) is 4.78. The quantitative estimate of drug-likeness (QED) is 0.659. The van der Waals surface area contributed by atoms with Crippen LogP contribution in [0.15, 0.2) is 10.7 Å². The second-order valence-corrected chi connectivity index (χ2v) is 3.47. The van der Waals surface area contributed by atoms with E-state index in [0.717, 1.165) is 10.1 Å². The average Bonchev–Trinajstić information content (AvgIpc) is 2.34. The molecule has 0 bridgehead atoms. The molecular weight excluding hydrogens is 154 g/mol. The SMILES string of the molecule is NCCSc1ncns1. The molecule has 2 N–H and O–H groups in total. The number of nitrogens with two attached hydrogens (primary N) is 1. The Kier molecular flexibility index (Phi) is 2.96. The molecule has 0 fully saturated rings. The molecule has 3 nitrogen and oxygen atoms in total. The van der Waals surface area contributed by atoms with Gasteiger partial charge in [-0.1, -0.05) is 11.8 Å². The van der Waals surface area contributed by atoms with E-state index in [1.165, 1.54) is 11.5 Å². The van der Waals surface area contributed by atoms with E-state index in [4.69, 9.17) is 5.73 Å². The number of hydrogen-bond acceptors (Lipinski definition) is 5. The van der Waals surface area contributed by atoms with Gasteiger partial charge < -0.3 is 5.73 Å². The van der Waals surface area contributed by atoms with E-state index < -0.39 is 0 Å². The molecule has 0 aliphatic rings. The molecule has 0 amide bonds. The lowest BCUT2D eigenvalue weighted by Crippen LogP contribution is -2.00. The summed E-state index contributed by atoms with van der Waals surface area (Å²) in [4.78, 5) is 3.97. The summed E-state index contributed by atoms with van der Waals surface area (Å²) in [7, 11) is 0. The Labute approximate surface area is 61.8 Å². The van der Waals surface area contributed by atoms with Gasteiger partial charge >= 0.3 is 0 Å². The third kappa shape index (κ3) is 2.30. The summed E-state index contributed by atoms with van der Waals surface area (Å²) < 4.78 is 4.84. The van der Waals surface area contributed by atoms with Crippen molar-refractivity contribution in [3.8, 4) is 0 Å². The van der Waals surface area contributed by atoms with Crippen LogP contribution in [0.25, 0.3) is 0 Å². The fraction of sp³-hybridized carbons (Fsp3) is 0.500. The van der Waals surface area contributed by atoms with E-state index in [-0.39, 0.29) is 0 Å². The standard InChI is InChI=1S/C4H7N3S2/c5-1-2-8-4-6-3-7-9-4/h3H,1-2,5H2. The maximum atomic E-state index is 5.28. The van der Waals surface area contributed by atoms with Crippen LogP contribution in [0.5, 0.6) is 0 Å². The van der Waals surface area contributed by atoms with Gasteiger partial charge in [0.2, 0.25) is 0 Å². The van der Waals surface area contributed by atoms with Crippen molar-refractivity contribution in [2.45, 2.75) is 4.34 Å². The van der Waals surface area contributed by atoms with Crippen LogP contribution < -0.4 is 5.73 Å². The van der Waals surface area contributed by atoms with Crippen molar-refractivity contribution in [3.63, 3.8) is 0 Å². The van der Waals surface area contributed by atoms with Crippen LogP contribution in [0.4, 0.5) is 0 Å². The number of hydrogen-bond donors (Lipinski definition) is 1. The molecule has 0 unspecified atom stereocenters. The van der Waals surface area contributed by atoms with Gasteiger partial charge in [0.05, 0.1) is 0 Å². The summed E-state index contributed by atoms with van der Waals surface area (Å²) in [5, 5.41) is 0. The van der Waals surface area contributed by atoms with Crippen LogP contribution in [0.2, 0.25) is 0 Å². The lowest BCUT2D eigenvalue weighted by Gasteiger charge is -1.88. The molecule has 0 saturated heterocycles. The van der Waals surface area contributed by atoms with Crippen LogP contribution in [0.1, 0.15) is 0 Å². The number of rotatable bonds is 3. The Morgan fingerprint density at radius 3 is 3.22 bits per heavy atom. The Balaban J connectivity index is 2.30. The zero-order chi connectivity index (χ0) is 6.53. The molecule has 0 radical (unpaired) electrons. The van der Waals surface area contributed by atoms with Crippen molar-refractivity contribution in [1.82, 2.24) is 9.36 Å². The van der Waals surface area contributed by atoms with Crippen molar-refractivity contribution in [2.24, 2.45) is 5.73 Å². The summed E-state index contributed by atoms with van der Waals surface area (Å²) in [5.41, 5.74) is 5.28. The van der Waals surface area contributed by atoms with Gasteiger partial charge in [-0.3, -0.25) is 0 Å². The molecule has 0 aromatic carbocycles. The van der Waals surface area contributed by atoms with Gasteiger partial charge in [-0.15, -0.1) is 0 Å². The van der Waals surface area contributed by atoms with Crippen LogP contribution in [-0.2, 0) is 0 Å². The molecule has 1 aromatic rings. The highest BCUT2D eigenvalue weighted by atomic mass is 32.2. The number of thioether (sulfide) groups is 1. The largest absolute Gasteiger partial charge is 0.330 e. The summed E-state index contributed by atoms with van der Waals surface area (Å²) >= 11 is 3.06. The topological polar surface area (TPSA) is 51.8 Å². The highest BCUT2D eigenvalue weighted by Crippen LogP contribution is 2.16. The molecule has 5 heteroatoms. The third-order valence-corrected chi connectivity index (χ3v) is 2.52. The molecular formula is C4H7N3S2. The van der Waals surface area contributed by atoms with E-state index >= 15 is 0 Å². The monoisotopic (exact) mass is 161 g/mol. The minimum atomic E-state index is 0.699. The fourth-order valence-corrected chi connectivity index (χ4v) is 1.66. The first-order chi connectivity index (χ1) is 4.43. The first kappa shape index (κ1) is 6.98. The van der Waals surface area contributed by atoms with Gasteiger partial charge in [-0.2, -0.15) is 4.37 Å². The van der Waals surface area contributed by atoms with E-state index in [9.17, 15) is 0 Å². The van der Waals surface area contributed by atoms with Crippen LogP contribution in [0.3, 0.4) is 0 Å². The lowest BCUT2D eigenvalue weighted by molar-refractivity contribution is 1.14. The number of nitrogens with zero attached hydrogens (tertiary/aromatic N) is 2. The van der Waals surface area contributed by atoms with Crippen molar-refractivity contribution < 1.29 is 0 Å². The van der Waals surface area contributed by atoms with Gasteiger partial charge in [-0.25, -0.2) is 4.98 Å². The second-order valence-electron chi connectivity index (χ2n) is 1.34. The highest BCUT2D eigenvalue weighted by molar-refractivity contribution is 8.00. The minimum absolute atomic E-state index is 0.699. The Morgan fingerprint density at radius 2 is 2.67 bits per heavy atom. The third-order valence-electron chi connectivity index (χ3n) is 0.684. The molecule has 50 valence electrons. The zero-order valence-corrected chi connectivity index (χ0v) is 6.41. The molecule has 1 aromatic heterocycles. The Bertz CT molecular complexity index is 151. The molecule has 0 aliphatic carbocycles. The first-order valence-corrected chi connectivity index (χ1v) is 4.29. The summed E-state index contributed by atoms with van der Waals surface area (Å²) in [6.07, 6.45) is 1.56. The van der Waals surface area contributed by atoms with E-state index in [1.54, 1.807) is 18.1 Å². The maximum Gasteiger partial charge on any atom is 0.169 e. The first-order valence-electron chi connectivity index (χ1n) is 2.53. The molecule has 0 saturated carbocycles. The molecule has 0 atom stereocenters. The van der Waals surface area contributed by atoms with Crippen molar-refractivity contribution in [1.29, 1.82) is 0 Å². The van der Waals surface area contributed by atoms with E-state index in [0.29, 0.717) is 6.54 Å². The molecule has 0 aliphatic heterocycles. The molecule has 0 spiro atoms. The second kappa shape index (κ2) is 3.81. The lowest BCUT2D eigenvalue weighted by atomic mass is 10.8. The van der Waals surface area contributed by atoms with Crippen molar-refractivity contribution >= 4 is 23.3 Å². The van der Waals surface area contributed by atoms with Gasteiger partial charge in [0.15, 0.2) is 4.34 Å². The van der Waals surface area contributed by atoms with Crippen LogP contribution in [-0.4, -0.2) is 21.7 Å². The van der Waals surface area contributed by atoms with Gasteiger partial charge in [0, 0.05) is 12.3 Å².